The van der Waals surface area contributed by atoms with Gasteiger partial charge in [-0.1, -0.05) is 23.8 Å². The van der Waals surface area contributed by atoms with Crippen molar-refractivity contribution in [2.75, 3.05) is 18.0 Å². The number of carbonyl (C=O) groups excluding carboxylic acids is 1. The molecular weight excluding hydrogens is 420 g/mol. The number of benzene rings is 1. The van der Waals surface area contributed by atoms with Crippen molar-refractivity contribution in [3.05, 3.63) is 76.2 Å². The summed E-state index contributed by atoms with van der Waals surface area (Å²) in [6, 6.07) is 10.3. The molecule has 3 fully saturated rings. The topological polar surface area (TPSA) is 51.0 Å². The molecule has 1 saturated heterocycles. The maximum absolute atomic E-state index is 10.9. The molecule has 2 aromatic heterocycles. The average Bonchev–Trinajstić information content (AvgIpc) is 3.60. The summed E-state index contributed by atoms with van der Waals surface area (Å²) >= 11 is 0. The van der Waals surface area contributed by atoms with Gasteiger partial charge in [0.1, 0.15) is 5.82 Å². The number of para-hydroxylation sites is 1. The zero-order valence-corrected chi connectivity index (χ0v) is 20.1. The number of allylic oxidation sites excluding steroid dienone is 1. The molecule has 3 heterocycles. The number of carbonyl (C=O) groups is 1. The molecule has 6 rings (SSSR count). The molecule has 5 heteroatoms. The number of piperidine rings is 1. The van der Waals surface area contributed by atoms with Gasteiger partial charge in [-0.25, -0.2) is 9.67 Å². The lowest BCUT2D eigenvalue weighted by Crippen LogP contribution is -2.44. The Balaban J connectivity index is 1.20. The summed E-state index contributed by atoms with van der Waals surface area (Å²) in [6.45, 7) is 6.44. The molecular formula is C29H32N4O. The molecule has 2 aliphatic carbocycles. The second-order valence-electron chi connectivity index (χ2n) is 10.6. The number of nitrogens with zero attached hydrogens (tertiary/aromatic N) is 4. The molecule has 3 aliphatic rings. The van der Waals surface area contributed by atoms with Crippen molar-refractivity contribution in [1.29, 1.82) is 0 Å². The largest absolute Gasteiger partial charge is 0.357 e. The molecule has 5 nitrogen and oxygen atoms in total. The number of aryl methyl sites for hydroxylation is 2. The van der Waals surface area contributed by atoms with Crippen LogP contribution in [0.2, 0.25) is 0 Å². The SMILES string of the molecule is Cc1cccc(C)c1-n1ncc(C2CC2)c1C=C1CC2(CCN(c3ccc(C=O)cn3)CC2)C1. The summed E-state index contributed by atoms with van der Waals surface area (Å²) in [5.41, 5.74) is 9.16. The maximum Gasteiger partial charge on any atom is 0.151 e. The van der Waals surface area contributed by atoms with E-state index in [-0.39, 0.29) is 0 Å². The van der Waals surface area contributed by atoms with Crippen molar-refractivity contribution in [1.82, 2.24) is 14.8 Å². The van der Waals surface area contributed by atoms with E-state index in [0.717, 1.165) is 25.2 Å². The molecule has 0 bridgehead atoms. The minimum absolute atomic E-state index is 0.439. The Morgan fingerprint density at radius 1 is 1.00 bits per heavy atom. The van der Waals surface area contributed by atoms with Gasteiger partial charge in [0.05, 0.1) is 17.6 Å². The number of aldehydes is 1. The van der Waals surface area contributed by atoms with Gasteiger partial charge in [0, 0.05) is 30.4 Å². The van der Waals surface area contributed by atoms with E-state index in [4.69, 9.17) is 5.10 Å². The molecule has 1 aromatic carbocycles. The third kappa shape index (κ3) is 3.77. The highest BCUT2D eigenvalue weighted by molar-refractivity contribution is 5.74. The van der Waals surface area contributed by atoms with Crippen molar-refractivity contribution in [3.63, 3.8) is 0 Å². The van der Waals surface area contributed by atoms with E-state index in [1.165, 1.54) is 66.6 Å². The van der Waals surface area contributed by atoms with Crippen LogP contribution in [0.1, 0.15) is 77.2 Å². The fourth-order valence-corrected chi connectivity index (χ4v) is 5.97. The van der Waals surface area contributed by atoms with E-state index in [9.17, 15) is 4.79 Å². The Hall–Kier alpha value is -3.21. The van der Waals surface area contributed by atoms with E-state index in [1.54, 1.807) is 11.8 Å². The van der Waals surface area contributed by atoms with Crippen LogP contribution in [0.5, 0.6) is 0 Å². The molecule has 1 spiro atoms. The molecule has 0 radical (unpaired) electrons. The standard InChI is InChI=1S/C29H32N4O/c1-20-4-3-5-21(2)28(20)33-26(25(18-31-33)24-7-8-24)14-23-15-29(16-23)10-12-32(13-11-29)27-9-6-22(19-34)17-30-27/h3-6,9,14,17-19,24H,7-8,10-13,15-16H2,1-2H3. The Kier molecular flexibility index (Phi) is 5.16. The van der Waals surface area contributed by atoms with Crippen molar-refractivity contribution in [2.45, 2.75) is 58.3 Å². The number of anilines is 1. The first-order chi connectivity index (χ1) is 16.5. The third-order valence-corrected chi connectivity index (χ3v) is 8.10. The van der Waals surface area contributed by atoms with Crippen LogP contribution in [0.3, 0.4) is 0 Å². The summed E-state index contributed by atoms with van der Waals surface area (Å²) in [4.78, 5) is 17.8. The van der Waals surface area contributed by atoms with Crippen molar-refractivity contribution in [2.24, 2.45) is 5.41 Å². The van der Waals surface area contributed by atoms with E-state index >= 15 is 0 Å². The fraction of sp³-hybridized carbons (Fsp3) is 0.414. The molecule has 1 aliphatic heterocycles. The Morgan fingerprint density at radius 3 is 2.35 bits per heavy atom. The van der Waals surface area contributed by atoms with Crippen molar-refractivity contribution in [3.8, 4) is 5.69 Å². The minimum atomic E-state index is 0.439. The quantitative estimate of drug-likeness (QED) is 0.443. The van der Waals surface area contributed by atoms with Crippen LogP contribution in [0.4, 0.5) is 5.82 Å². The maximum atomic E-state index is 10.9. The van der Waals surface area contributed by atoms with Crippen LogP contribution in [-0.4, -0.2) is 34.1 Å². The first-order valence-corrected chi connectivity index (χ1v) is 12.6. The first-order valence-electron chi connectivity index (χ1n) is 12.6. The van der Waals surface area contributed by atoms with Crippen LogP contribution in [-0.2, 0) is 0 Å². The molecule has 174 valence electrons. The van der Waals surface area contributed by atoms with Gasteiger partial charge in [-0.2, -0.15) is 5.10 Å². The smallest absolute Gasteiger partial charge is 0.151 e. The number of pyridine rings is 1. The van der Waals surface area contributed by atoms with E-state index in [1.807, 2.05) is 12.1 Å². The van der Waals surface area contributed by atoms with Gasteiger partial charge < -0.3 is 4.90 Å². The fourth-order valence-electron chi connectivity index (χ4n) is 5.97. The molecule has 0 unspecified atom stereocenters. The molecule has 34 heavy (non-hydrogen) atoms. The van der Waals surface area contributed by atoms with Gasteiger partial charge in [0.25, 0.3) is 0 Å². The summed E-state index contributed by atoms with van der Waals surface area (Å²) < 4.78 is 2.20. The van der Waals surface area contributed by atoms with Gasteiger partial charge >= 0.3 is 0 Å². The molecule has 3 aromatic rings. The van der Waals surface area contributed by atoms with Crippen molar-refractivity contribution >= 4 is 18.2 Å². The van der Waals surface area contributed by atoms with Gasteiger partial charge in [0.2, 0.25) is 0 Å². The predicted octanol–water partition coefficient (Wildman–Crippen LogP) is 6.04. The van der Waals surface area contributed by atoms with Crippen LogP contribution in [0.15, 0.2) is 48.3 Å². The lowest BCUT2D eigenvalue weighted by Gasteiger charge is -2.49. The summed E-state index contributed by atoms with van der Waals surface area (Å²) in [5.74, 6) is 1.67. The Labute approximate surface area is 201 Å². The summed E-state index contributed by atoms with van der Waals surface area (Å²) in [6.07, 6.45) is 14.5. The van der Waals surface area contributed by atoms with Crippen molar-refractivity contribution < 1.29 is 4.79 Å². The zero-order valence-electron chi connectivity index (χ0n) is 20.1. The summed E-state index contributed by atoms with van der Waals surface area (Å²) in [7, 11) is 0. The normalized spacial score (nSPS) is 19.2. The molecule has 0 atom stereocenters. The predicted molar refractivity (Wildman–Crippen MR) is 136 cm³/mol. The lowest BCUT2D eigenvalue weighted by molar-refractivity contribution is 0.112. The second-order valence-corrected chi connectivity index (χ2v) is 10.6. The minimum Gasteiger partial charge on any atom is -0.357 e. The molecule has 0 N–H and O–H groups in total. The van der Waals surface area contributed by atoms with Crippen LogP contribution >= 0.6 is 0 Å². The zero-order chi connectivity index (χ0) is 23.3. The Morgan fingerprint density at radius 2 is 1.74 bits per heavy atom. The summed E-state index contributed by atoms with van der Waals surface area (Å²) in [5, 5.41) is 4.88. The van der Waals surface area contributed by atoms with Crippen LogP contribution < -0.4 is 4.90 Å². The van der Waals surface area contributed by atoms with Crippen LogP contribution in [0, 0.1) is 19.3 Å². The third-order valence-electron chi connectivity index (χ3n) is 8.10. The van der Waals surface area contributed by atoms with Gasteiger partial charge in [-0.3, -0.25) is 4.79 Å². The highest BCUT2D eigenvalue weighted by Gasteiger charge is 2.43. The van der Waals surface area contributed by atoms with E-state index in [2.05, 4.69) is 58.9 Å². The first kappa shape index (κ1) is 21.3. The number of rotatable bonds is 5. The number of hydrogen-bond donors (Lipinski definition) is 0. The monoisotopic (exact) mass is 452 g/mol. The lowest BCUT2D eigenvalue weighted by atomic mass is 9.60. The Bertz CT molecular complexity index is 1230. The van der Waals surface area contributed by atoms with E-state index < -0.39 is 0 Å². The van der Waals surface area contributed by atoms with E-state index in [0.29, 0.717) is 16.9 Å². The highest BCUT2D eigenvalue weighted by atomic mass is 16.1. The highest BCUT2D eigenvalue weighted by Crippen LogP contribution is 2.53. The van der Waals surface area contributed by atoms with Gasteiger partial charge in [-0.05, 0) is 93.0 Å². The second kappa shape index (κ2) is 8.23. The van der Waals surface area contributed by atoms with Gasteiger partial charge in [0.15, 0.2) is 6.29 Å². The molecule has 0 amide bonds. The molecule has 2 saturated carbocycles. The van der Waals surface area contributed by atoms with Gasteiger partial charge in [-0.15, -0.1) is 0 Å². The average molecular weight is 453 g/mol. The number of aromatic nitrogens is 3. The van der Waals surface area contributed by atoms with Crippen LogP contribution in [0.25, 0.3) is 11.8 Å². The number of hydrogen-bond acceptors (Lipinski definition) is 4.